The Hall–Kier alpha value is -3.41. The average molecular weight is 630 g/mol. The largest absolute Gasteiger partial charge is 0.507 e. The molecule has 2 atom stereocenters. The number of halogens is 2. The maximum atomic E-state index is 15.3. The Bertz CT molecular complexity index is 1460. The van der Waals surface area contributed by atoms with Gasteiger partial charge < -0.3 is 29.3 Å². The summed E-state index contributed by atoms with van der Waals surface area (Å²) in [6, 6.07) is 3.62. The molecule has 4 heterocycles. The zero-order valence-electron chi connectivity index (χ0n) is 26.2. The number of aromatic hydroxyl groups is 1. The van der Waals surface area contributed by atoms with Gasteiger partial charge in [-0.1, -0.05) is 24.2 Å². The Kier molecular flexibility index (Phi) is 8.60. The molecule has 1 aromatic carbocycles. The molecule has 1 N–H and O–H groups in total. The lowest BCUT2D eigenvalue weighted by Crippen LogP contribution is -2.57. The van der Waals surface area contributed by atoms with Crippen LogP contribution in [0.4, 0.5) is 10.2 Å². The van der Waals surface area contributed by atoms with Gasteiger partial charge in [-0.3, -0.25) is 14.5 Å². The van der Waals surface area contributed by atoms with Crippen LogP contribution in [0.25, 0.3) is 11.3 Å². The van der Waals surface area contributed by atoms with E-state index in [0.29, 0.717) is 32.0 Å². The van der Waals surface area contributed by atoms with Crippen LogP contribution in [-0.4, -0.2) is 113 Å². The molecule has 3 aliphatic heterocycles. The fourth-order valence-electron chi connectivity index (χ4n) is 6.56. The Morgan fingerprint density at radius 2 is 2.05 bits per heavy atom. The highest BCUT2D eigenvalue weighted by Gasteiger charge is 2.46. The van der Waals surface area contributed by atoms with E-state index in [0.717, 1.165) is 6.42 Å². The molecular formula is C32H41ClFN5O5. The van der Waals surface area contributed by atoms with Crippen molar-refractivity contribution >= 4 is 29.2 Å². The van der Waals surface area contributed by atoms with Crippen molar-refractivity contribution < 1.29 is 28.6 Å². The van der Waals surface area contributed by atoms with Crippen LogP contribution in [-0.2, 0) is 9.53 Å². The van der Waals surface area contributed by atoms with Gasteiger partial charge in [0.2, 0.25) is 5.91 Å². The minimum atomic E-state index is -0.707. The number of carbonyl (C=O) groups excluding carboxylic acids is 2. The molecule has 0 bridgehead atoms. The molecule has 12 heteroatoms. The maximum absolute atomic E-state index is 15.3. The topological polar surface area (TPSA) is 98.7 Å². The highest BCUT2D eigenvalue weighted by atomic mass is 35.5. The number of methoxy groups -OCH3 is 1. The van der Waals surface area contributed by atoms with Crippen molar-refractivity contribution in [3.05, 3.63) is 47.3 Å². The molecule has 2 fully saturated rings. The van der Waals surface area contributed by atoms with E-state index in [1.165, 1.54) is 24.3 Å². The normalized spacial score (nSPS) is 21.6. The fraction of sp³-hybridized carbons (Fsp3) is 0.531. The van der Waals surface area contributed by atoms with Gasteiger partial charge in [0.25, 0.3) is 5.91 Å². The van der Waals surface area contributed by atoms with Crippen LogP contribution in [0.15, 0.2) is 30.9 Å². The number of fused-ring (bicyclic) bond motifs is 2. The fourth-order valence-corrected chi connectivity index (χ4v) is 6.84. The van der Waals surface area contributed by atoms with Crippen LogP contribution >= 0.6 is 11.6 Å². The predicted octanol–water partition coefficient (Wildman–Crippen LogP) is 4.19. The van der Waals surface area contributed by atoms with Crippen molar-refractivity contribution in [3.63, 3.8) is 0 Å². The Balaban J connectivity index is 1.64. The smallest absolute Gasteiger partial charge is 0.261 e. The number of amides is 2. The van der Waals surface area contributed by atoms with Crippen LogP contribution in [0.1, 0.15) is 44.5 Å². The zero-order valence-corrected chi connectivity index (χ0v) is 26.9. The minimum absolute atomic E-state index is 0.0136. The first-order valence-corrected chi connectivity index (χ1v) is 15.2. The number of anilines is 1. The molecule has 44 heavy (non-hydrogen) atoms. The minimum Gasteiger partial charge on any atom is -0.507 e. The van der Waals surface area contributed by atoms with Crippen molar-refractivity contribution in [3.8, 4) is 22.8 Å². The monoisotopic (exact) mass is 629 g/mol. The van der Waals surface area contributed by atoms with Gasteiger partial charge in [-0.25, -0.2) is 9.37 Å². The molecule has 1 aromatic heterocycles. The number of rotatable bonds is 7. The highest BCUT2D eigenvalue weighted by Crippen LogP contribution is 2.48. The summed E-state index contributed by atoms with van der Waals surface area (Å²) in [7, 11) is 3.74. The van der Waals surface area contributed by atoms with Crippen LogP contribution in [0, 0.1) is 5.82 Å². The van der Waals surface area contributed by atoms with E-state index < -0.39 is 17.4 Å². The second-order valence-corrected chi connectivity index (χ2v) is 13.4. The second-order valence-electron chi connectivity index (χ2n) is 13.0. The van der Waals surface area contributed by atoms with E-state index in [2.05, 4.69) is 30.2 Å². The first-order chi connectivity index (χ1) is 20.7. The van der Waals surface area contributed by atoms with Crippen LogP contribution in [0.2, 0.25) is 5.02 Å². The van der Waals surface area contributed by atoms with E-state index in [4.69, 9.17) is 26.1 Å². The van der Waals surface area contributed by atoms with Gasteiger partial charge in [-0.05, 0) is 59.4 Å². The molecule has 5 rings (SSSR count). The van der Waals surface area contributed by atoms with Crippen LogP contribution in [0.5, 0.6) is 11.5 Å². The number of hydrogen-bond acceptors (Lipinski definition) is 8. The standard InChI is InChI=1S/C32H41ClFN5O5/c1-8-23(41)37-12-13-38-20(15-37)17-44-28-25(30(38)42)29(35-27(26(28)33)24-21(34)10-9-11-22(24)40)39-16-19(14-31(39,2)3)36(6)18-32(4,5)43-7/h8-11,19-20,40H,1,12-18H2,2-7H3. The molecule has 2 saturated heterocycles. The van der Waals surface area contributed by atoms with E-state index in [1.807, 2.05) is 20.9 Å². The second kappa shape index (κ2) is 11.8. The van der Waals surface area contributed by atoms with Crippen LogP contribution in [0.3, 0.4) is 0 Å². The number of benzene rings is 1. The molecule has 3 aliphatic rings. The number of aromatic nitrogens is 1. The number of phenolic OH excluding ortho intramolecular Hbond substituents is 1. The lowest BCUT2D eigenvalue weighted by atomic mass is 9.98. The third-order valence-electron chi connectivity index (χ3n) is 9.09. The number of pyridine rings is 1. The first-order valence-electron chi connectivity index (χ1n) is 14.8. The third kappa shape index (κ3) is 5.73. The maximum Gasteiger partial charge on any atom is 0.261 e. The number of phenols is 1. The zero-order chi connectivity index (χ0) is 32.1. The summed E-state index contributed by atoms with van der Waals surface area (Å²) in [4.78, 5) is 39.3. The quantitative estimate of drug-likeness (QED) is 0.456. The van der Waals surface area contributed by atoms with Gasteiger partial charge in [0.05, 0.1) is 17.2 Å². The van der Waals surface area contributed by atoms with Crippen molar-refractivity contribution in [2.45, 2.75) is 57.3 Å². The van der Waals surface area contributed by atoms with Gasteiger partial charge in [0, 0.05) is 51.4 Å². The molecule has 2 unspecified atom stereocenters. The number of carbonyl (C=O) groups is 2. The van der Waals surface area contributed by atoms with Gasteiger partial charge in [0.1, 0.15) is 40.3 Å². The van der Waals surface area contributed by atoms with Gasteiger partial charge >= 0.3 is 0 Å². The number of likely N-dealkylation sites (N-methyl/N-ethyl adjacent to an activating group) is 1. The third-order valence-corrected chi connectivity index (χ3v) is 9.44. The average Bonchev–Trinajstić information content (AvgIpc) is 3.22. The molecular weight excluding hydrogens is 589 g/mol. The van der Waals surface area contributed by atoms with Crippen molar-refractivity contribution in [1.29, 1.82) is 0 Å². The Labute approximate surface area is 263 Å². The SMILES string of the molecule is C=CC(=O)N1CCN2C(=O)c3c(N4CC(N(C)CC(C)(C)OC)CC4(C)C)nc(-c4c(O)cccc4F)c(Cl)c3OCC2C1. The summed E-state index contributed by atoms with van der Waals surface area (Å²) < 4.78 is 27.2. The molecule has 0 saturated carbocycles. The molecule has 2 aromatic rings. The van der Waals surface area contributed by atoms with Gasteiger partial charge in [-0.2, -0.15) is 0 Å². The Morgan fingerprint density at radius 3 is 2.70 bits per heavy atom. The summed E-state index contributed by atoms with van der Waals surface area (Å²) >= 11 is 6.91. The predicted molar refractivity (Wildman–Crippen MR) is 167 cm³/mol. The summed E-state index contributed by atoms with van der Waals surface area (Å²) in [6.07, 6.45) is 2.01. The summed E-state index contributed by atoms with van der Waals surface area (Å²) in [5.41, 5.74) is -0.838. The number of nitrogens with zero attached hydrogens (tertiary/aromatic N) is 5. The number of hydrogen-bond donors (Lipinski definition) is 1. The summed E-state index contributed by atoms with van der Waals surface area (Å²) in [5.74, 6) is -1.19. The lowest BCUT2D eigenvalue weighted by Gasteiger charge is -2.40. The van der Waals surface area contributed by atoms with Crippen molar-refractivity contribution in [2.24, 2.45) is 0 Å². The van der Waals surface area contributed by atoms with E-state index in [9.17, 15) is 14.7 Å². The molecule has 238 valence electrons. The van der Waals surface area contributed by atoms with Crippen molar-refractivity contribution in [1.82, 2.24) is 19.7 Å². The van der Waals surface area contributed by atoms with Crippen molar-refractivity contribution in [2.75, 3.05) is 58.4 Å². The number of piperazine rings is 1. The number of ether oxygens (including phenoxy) is 2. The lowest BCUT2D eigenvalue weighted by molar-refractivity contribution is -0.128. The summed E-state index contributed by atoms with van der Waals surface area (Å²) in [5, 5.41) is 10.7. The van der Waals surface area contributed by atoms with E-state index in [-0.39, 0.29) is 70.0 Å². The van der Waals surface area contributed by atoms with E-state index >= 15 is 4.39 Å². The molecule has 0 radical (unpaired) electrons. The molecule has 0 aliphatic carbocycles. The molecule has 2 amide bonds. The highest BCUT2D eigenvalue weighted by molar-refractivity contribution is 6.35. The van der Waals surface area contributed by atoms with Gasteiger partial charge in [0.15, 0.2) is 5.75 Å². The van der Waals surface area contributed by atoms with E-state index in [1.54, 1.807) is 16.9 Å². The molecule has 0 spiro atoms. The first kappa shape index (κ1) is 32.0. The van der Waals surface area contributed by atoms with Crippen LogP contribution < -0.4 is 9.64 Å². The Morgan fingerprint density at radius 1 is 1.32 bits per heavy atom. The van der Waals surface area contributed by atoms with Gasteiger partial charge in [-0.15, -0.1) is 0 Å². The molecule has 10 nitrogen and oxygen atoms in total. The summed E-state index contributed by atoms with van der Waals surface area (Å²) in [6.45, 7) is 14.0.